The molecule has 0 radical (unpaired) electrons. The number of methoxy groups -OCH3 is 4. The normalized spacial score (nSPS) is 31.1. The zero-order valence-corrected chi connectivity index (χ0v) is 34.5. The second-order valence-electron chi connectivity index (χ2n) is 16.1. The maximum absolute atomic E-state index is 15.5. The summed E-state index contributed by atoms with van der Waals surface area (Å²) in [6.07, 6.45) is -6.42. The first-order valence-electron chi connectivity index (χ1n) is 19.5. The average molecular weight is 852 g/mol. The van der Waals surface area contributed by atoms with Crippen LogP contribution in [0, 0.1) is 6.92 Å². The number of phenols is 2. The number of rotatable bonds is 11. The Morgan fingerprint density at radius 3 is 2.30 bits per heavy atom. The fourth-order valence-electron chi connectivity index (χ4n) is 9.98. The summed E-state index contributed by atoms with van der Waals surface area (Å²) in [5, 5.41) is 84.6. The van der Waals surface area contributed by atoms with Crippen LogP contribution in [0.2, 0.25) is 0 Å². The number of aliphatic hydroxyl groups excluding tert-OH is 4. The van der Waals surface area contributed by atoms with E-state index in [0.29, 0.717) is 11.3 Å². The van der Waals surface area contributed by atoms with Gasteiger partial charge in [-0.15, -0.1) is 0 Å². The number of benzene rings is 2. The molecule has 0 spiro atoms. The fourth-order valence-corrected chi connectivity index (χ4v) is 9.98. The predicted octanol–water partition coefficient (Wildman–Crippen LogP) is 0.556. The van der Waals surface area contributed by atoms with Crippen LogP contribution in [0.4, 0.5) is 0 Å². The van der Waals surface area contributed by atoms with Gasteiger partial charge in [0.2, 0.25) is 5.78 Å². The lowest BCUT2D eigenvalue weighted by Crippen LogP contribution is -2.74. The number of aliphatic hydroxyl groups is 5. The molecule has 10 atom stereocenters. The minimum atomic E-state index is -2.75. The van der Waals surface area contributed by atoms with E-state index >= 15 is 9.59 Å². The highest BCUT2D eigenvalue weighted by Crippen LogP contribution is 2.58. The molecule has 0 amide bonds. The Balaban J connectivity index is 1.48. The molecule has 0 saturated carbocycles. The number of ketones is 3. The number of allylic oxidation sites excluding steroid dienone is 1. The molecule has 3 aromatic rings. The third-order valence-corrected chi connectivity index (χ3v) is 12.7. The highest BCUT2D eigenvalue weighted by Gasteiger charge is 2.73. The highest BCUT2D eigenvalue weighted by atomic mass is 16.6. The maximum Gasteiger partial charge on any atom is 0.341 e. The number of nitrogens with one attached hydrogen (secondary N) is 1. The summed E-state index contributed by atoms with van der Waals surface area (Å²) < 4.78 is 33.5. The molecule has 5 unspecified atom stereocenters. The van der Waals surface area contributed by atoms with Crippen molar-refractivity contribution in [3.8, 4) is 11.5 Å². The minimum Gasteiger partial charge on any atom is -0.507 e. The molecule has 1 aliphatic heterocycles. The van der Waals surface area contributed by atoms with Gasteiger partial charge in [-0.3, -0.25) is 14.4 Å². The number of carbonyl (C=O) groups is 4. The van der Waals surface area contributed by atoms with E-state index in [2.05, 4.69) is 5.32 Å². The van der Waals surface area contributed by atoms with Crippen molar-refractivity contribution in [3.63, 3.8) is 0 Å². The summed E-state index contributed by atoms with van der Waals surface area (Å²) in [6.45, 7) is 3.37. The van der Waals surface area contributed by atoms with Gasteiger partial charge in [-0.25, -0.2) is 4.79 Å². The van der Waals surface area contributed by atoms with Crippen molar-refractivity contribution in [2.75, 3.05) is 35.0 Å². The first-order chi connectivity index (χ1) is 28.8. The first-order valence-corrected chi connectivity index (χ1v) is 19.5. The Labute approximate surface area is 349 Å². The van der Waals surface area contributed by atoms with Gasteiger partial charge in [0, 0.05) is 63.4 Å². The monoisotopic (exact) mass is 851 g/mol. The molecule has 18 nitrogen and oxygen atoms in total. The van der Waals surface area contributed by atoms with Gasteiger partial charge >= 0.3 is 5.97 Å². The molecule has 18 heteroatoms. The van der Waals surface area contributed by atoms with Crippen LogP contribution in [0.3, 0.4) is 0 Å². The van der Waals surface area contributed by atoms with Crippen molar-refractivity contribution in [3.05, 3.63) is 92.1 Å². The summed E-state index contributed by atoms with van der Waals surface area (Å²) in [5.74, 6) is -5.92. The number of furan rings is 1. The fraction of sp³-hybridized carbons (Fsp3) is 0.488. The second-order valence-corrected chi connectivity index (χ2v) is 16.1. The van der Waals surface area contributed by atoms with Crippen molar-refractivity contribution in [1.82, 2.24) is 5.32 Å². The van der Waals surface area contributed by atoms with Crippen LogP contribution < -0.4 is 5.32 Å². The molecule has 7 rings (SSSR count). The molecule has 2 heterocycles. The molecule has 328 valence electrons. The standard InChI is InChI=1S/C43H49NO17/c1-17-8-21-11-27(48)43(59-7)38(53)29-23(37(52)41(43,16-45)31(21)33(50)28(17)40(54)58-6)12-24-30(32(29)49)25(47)13-26(42(24,55)14-20-10-22(60-15-20)9-18(2)46)44-39-36(57-5)34(51)35(56-4)19(3)61-39/h8,10,12-13,15,18-19,27,34-36,39,44-46,48-51,55H,9,11,14,16H2,1-7H3/t18?,19-,27?,34+,35-,36+,39-,41?,42?,43?/m0/s1. The van der Waals surface area contributed by atoms with Crippen molar-refractivity contribution in [2.45, 2.75) is 99.5 Å². The van der Waals surface area contributed by atoms with Gasteiger partial charge in [-0.05, 0) is 49.6 Å². The number of Topliss-reactive ketones (excluding diaryl/α,β-unsaturated/α-hetero) is 2. The number of phenolic OH excluding ortho intramolecular Hbond substituents is 2. The van der Waals surface area contributed by atoms with E-state index in [-0.39, 0.29) is 28.8 Å². The molecule has 1 fully saturated rings. The number of ether oxygens (including phenoxy) is 5. The number of aromatic hydroxyl groups is 2. The number of hydrogen-bond donors (Lipinski definition) is 8. The van der Waals surface area contributed by atoms with Crippen LogP contribution in [0.1, 0.15) is 88.9 Å². The van der Waals surface area contributed by atoms with Gasteiger partial charge in [0.15, 0.2) is 23.4 Å². The number of fused-ring (bicyclic) bond motifs is 5. The van der Waals surface area contributed by atoms with E-state index in [1.807, 2.05) is 0 Å². The van der Waals surface area contributed by atoms with E-state index in [4.69, 9.17) is 28.1 Å². The molecule has 0 bridgehead atoms. The van der Waals surface area contributed by atoms with Crippen molar-refractivity contribution < 1.29 is 83.0 Å². The van der Waals surface area contributed by atoms with Gasteiger partial charge in [-0.2, -0.15) is 0 Å². The van der Waals surface area contributed by atoms with Gasteiger partial charge in [0.25, 0.3) is 0 Å². The molecule has 1 saturated heterocycles. The Bertz CT molecular complexity index is 2350. The lowest BCUT2D eigenvalue weighted by Gasteiger charge is -2.55. The van der Waals surface area contributed by atoms with Gasteiger partial charge in [0.05, 0.1) is 55.1 Å². The topological polar surface area (TPSA) is 281 Å². The summed E-state index contributed by atoms with van der Waals surface area (Å²) in [5.41, 5.74) is -10.7. The van der Waals surface area contributed by atoms with Crippen LogP contribution >= 0.6 is 0 Å². The molecular formula is C43H49NO17. The lowest BCUT2D eigenvalue weighted by molar-refractivity contribution is -0.237. The Morgan fingerprint density at radius 2 is 1.69 bits per heavy atom. The Hall–Kier alpha value is -5.02. The smallest absolute Gasteiger partial charge is 0.341 e. The number of carbonyl (C=O) groups excluding carboxylic acids is 4. The molecule has 1 aromatic heterocycles. The minimum absolute atomic E-state index is 0.0880. The van der Waals surface area contributed by atoms with Crippen LogP contribution in [0.5, 0.6) is 11.5 Å². The van der Waals surface area contributed by atoms with E-state index in [1.165, 1.54) is 33.5 Å². The van der Waals surface area contributed by atoms with Crippen LogP contribution in [-0.2, 0) is 54.0 Å². The third-order valence-electron chi connectivity index (χ3n) is 12.7. The zero-order chi connectivity index (χ0) is 44.7. The van der Waals surface area contributed by atoms with Gasteiger partial charge < -0.3 is 69.2 Å². The van der Waals surface area contributed by atoms with Crippen LogP contribution in [0.25, 0.3) is 0 Å². The summed E-state index contributed by atoms with van der Waals surface area (Å²) in [4.78, 5) is 57.8. The van der Waals surface area contributed by atoms with E-state index in [1.54, 1.807) is 19.9 Å². The number of hydrogen-bond acceptors (Lipinski definition) is 18. The first kappa shape index (κ1) is 44.0. The molecule has 4 aliphatic rings. The van der Waals surface area contributed by atoms with Gasteiger partial charge in [-0.1, -0.05) is 6.07 Å². The van der Waals surface area contributed by atoms with Crippen LogP contribution in [-0.4, -0.2) is 143 Å². The molecule has 61 heavy (non-hydrogen) atoms. The van der Waals surface area contributed by atoms with E-state index in [0.717, 1.165) is 26.4 Å². The van der Waals surface area contributed by atoms with Gasteiger partial charge in [0.1, 0.15) is 52.2 Å². The molecular weight excluding hydrogens is 802 g/mol. The van der Waals surface area contributed by atoms with E-state index in [9.17, 15) is 45.3 Å². The highest BCUT2D eigenvalue weighted by molar-refractivity contribution is 6.27. The van der Waals surface area contributed by atoms with Crippen molar-refractivity contribution in [1.29, 1.82) is 0 Å². The third kappa shape index (κ3) is 6.18. The average Bonchev–Trinajstić information content (AvgIpc) is 3.63. The predicted molar refractivity (Wildman–Crippen MR) is 208 cm³/mol. The number of esters is 1. The molecule has 8 N–H and O–H groups in total. The SMILES string of the molecule is COC(=O)c1c(C)cc2c(c1O)C1(CO)C(=O)c3cc4c(c(O)c3C(=O)C1(OC)C(O)C2)C(=O)C=C(N[C@H]1O[C@@H](C)[C@H](OC)[C@@H](O)[C@H]1OC)C4(O)Cc1coc(CC(C)O)c1. The Kier molecular flexibility index (Phi) is 11.3. The molecule has 3 aliphatic carbocycles. The maximum atomic E-state index is 15.5. The second kappa shape index (κ2) is 15.7. The summed E-state index contributed by atoms with van der Waals surface area (Å²) in [6, 6.07) is 3.97. The van der Waals surface area contributed by atoms with Crippen LogP contribution in [0.15, 0.2) is 40.7 Å². The lowest BCUT2D eigenvalue weighted by atomic mass is 9.50. The van der Waals surface area contributed by atoms with E-state index < -0.39 is 142 Å². The summed E-state index contributed by atoms with van der Waals surface area (Å²) >= 11 is 0. The largest absolute Gasteiger partial charge is 0.507 e. The van der Waals surface area contributed by atoms with Crippen molar-refractivity contribution in [2.24, 2.45) is 0 Å². The quantitative estimate of drug-likeness (QED) is 0.122. The summed E-state index contributed by atoms with van der Waals surface area (Å²) in [7, 11) is 4.75. The van der Waals surface area contributed by atoms with Crippen molar-refractivity contribution >= 4 is 23.3 Å². The molecule has 2 aromatic carbocycles. The zero-order valence-electron chi connectivity index (χ0n) is 34.5. The Morgan fingerprint density at radius 1 is 1.00 bits per heavy atom. The number of aryl methyl sites for hydroxylation is 1.